The van der Waals surface area contributed by atoms with Crippen molar-refractivity contribution in [2.24, 2.45) is 0 Å². The molecule has 1 aromatic heterocycles. The highest BCUT2D eigenvalue weighted by atomic mass is 32.2. The SMILES string of the molecule is CC1(C)C(=CC=CC2=[N+](CCC(=O)NCc3ccc(-c4nncnn4)cc3)c3ccc(S(=O)(=O)[O-])cc3C2(C)C)N(CCC(=O)O)c2ccc(S(=O)(=O)O)cc21. The summed E-state index contributed by atoms with van der Waals surface area (Å²) >= 11 is 0. The number of nitrogens with one attached hydrogen (secondary N) is 1. The van der Waals surface area contributed by atoms with Gasteiger partial charge in [-0.3, -0.25) is 14.1 Å². The van der Waals surface area contributed by atoms with E-state index in [4.69, 9.17) is 0 Å². The quantitative estimate of drug-likeness (QED) is 0.129. The number of hydrogen-bond donors (Lipinski definition) is 3. The summed E-state index contributed by atoms with van der Waals surface area (Å²) in [5.41, 5.74) is 3.63. The molecule has 6 rings (SSSR count). The first-order valence-corrected chi connectivity index (χ1v) is 20.3. The molecule has 3 heterocycles. The summed E-state index contributed by atoms with van der Waals surface area (Å²) in [7, 11) is -9.28. The highest BCUT2D eigenvalue weighted by molar-refractivity contribution is 7.86. The zero-order chi connectivity index (χ0) is 40.6. The van der Waals surface area contributed by atoms with E-state index in [1.165, 1.54) is 36.7 Å². The maximum absolute atomic E-state index is 13.2. The number of fused-ring (bicyclic) bond motifs is 2. The number of nitrogens with zero attached hydrogens (tertiary/aromatic N) is 6. The van der Waals surface area contributed by atoms with E-state index in [0.717, 1.165) is 11.1 Å². The number of allylic oxidation sites excluding steroid dienone is 4. The van der Waals surface area contributed by atoms with Gasteiger partial charge in [0.1, 0.15) is 10.1 Å². The van der Waals surface area contributed by atoms with E-state index in [0.29, 0.717) is 39.7 Å². The van der Waals surface area contributed by atoms with E-state index in [1.54, 1.807) is 35.3 Å². The van der Waals surface area contributed by atoms with Gasteiger partial charge in [0.15, 0.2) is 18.6 Å². The smallest absolute Gasteiger partial charge is 0.305 e. The molecule has 0 atom stereocenters. The van der Waals surface area contributed by atoms with Crippen molar-refractivity contribution in [3.63, 3.8) is 0 Å². The Morgan fingerprint density at radius 2 is 1.55 bits per heavy atom. The number of carboxylic acids is 1. The molecular weight excluding hydrogens is 763 g/mol. The molecule has 3 aromatic carbocycles. The fourth-order valence-corrected chi connectivity index (χ4v) is 8.14. The summed E-state index contributed by atoms with van der Waals surface area (Å²) in [4.78, 5) is 25.9. The molecule has 1 amide bonds. The second kappa shape index (κ2) is 15.1. The molecule has 3 N–H and O–H groups in total. The summed E-state index contributed by atoms with van der Waals surface area (Å²) in [6, 6.07) is 15.6. The number of benzene rings is 3. The van der Waals surface area contributed by atoms with E-state index >= 15 is 0 Å². The van der Waals surface area contributed by atoms with Crippen LogP contribution in [0, 0.1) is 0 Å². The average molecular weight is 802 g/mol. The van der Waals surface area contributed by atoms with E-state index in [1.807, 2.05) is 50.5 Å². The molecule has 18 heteroatoms. The van der Waals surface area contributed by atoms with Crippen LogP contribution in [-0.4, -0.2) is 86.7 Å². The molecule has 16 nitrogen and oxygen atoms in total. The Kier molecular flexibility index (Phi) is 10.8. The Hall–Kier alpha value is -5.69. The van der Waals surface area contributed by atoms with Crippen LogP contribution in [0.25, 0.3) is 11.4 Å². The standard InChI is InChI=1S/C38H39N7O9S2/c1-37(2)28-20-26(55(49,50)51)12-14-30(28)44(18-16-34(46)39-22-24-8-10-25(11-9-24)36-42-40-23-41-43-36)32(37)6-5-7-33-38(3,4)29-21-27(56(52,53)54)13-15-31(29)45(33)19-17-35(47)48/h5-15,20-21,23H,16-19,22H2,1-4H3,(H3-,39,46,47,48,49,50,51,52,53,54). The van der Waals surface area contributed by atoms with Crippen molar-refractivity contribution in [1.29, 1.82) is 0 Å². The van der Waals surface area contributed by atoms with Crippen LogP contribution >= 0.6 is 0 Å². The Bertz CT molecular complexity index is 2540. The van der Waals surface area contributed by atoms with Crippen molar-refractivity contribution in [2.45, 2.75) is 67.7 Å². The van der Waals surface area contributed by atoms with Gasteiger partial charge in [-0.2, -0.15) is 13.0 Å². The zero-order valence-corrected chi connectivity index (χ0v) is 32.5. The van der Waals surface area contributed by atoms with Crippen LogP contribution in [0.5, 0.6) is 0 Å². The third-order valence-corrected chi connectivity index (χ3v) is 11.7. The normalized spacial score (nSPS) is 16.7. The summed E-state index contributed by atoms with van der Waals surface area (Å²) in [5, 5.41) is 27.8. The predicted molar refractivity (Wildman–Crippen MR) is 203 cm³/mol. The van der Waals surface area contributed by atoms with Crippen LogP contribution < -0.4 is 10.2 Å². The van der Waals surface area contributed by atoms with E-state index in [2.05, 4.69) is 25.7 Å². The average Bonchev–Trinajstić information content (AvgIpc) is 3.49. The lowest BCUT2D eigenvalue weighted by atomic mass is 9.81. The largest absolute Gasteiger partial charge is 0.744 e. The molecule has 0 unspecified atom stereocenters. The number of rotatable bonds is 13. The lowest BCUT2D eigenvalue weighted by Crippen LogP contribution is -2.30. The van der Waals surface area contributed by atoms with E-state index in [-0.39, 0.29) is 48.2 Å². The minimum atomic E-state index is -4.77. The number of carbonyl (C=O) groups is 2. The van der Waals surface area contributed by atoms with E-state index in [9.17, 15) is 40.6 Å². The van der Waals surface area contributed by atoms with Gasteiger partial charge in [0.05, 0.1) is 28.0 Å². The molecule has 0 bridgehead atoms. The van der Waals surface area contributed by atoms with Crippen LogP contribution in [-0.2, 0) is 47.2 Å². The topological polar surface area (TPSA) is 236 Å². The van der Waals surface area contributed by atoms with Crippen LogP contribution in [0.4, 0.5) is 11.4 Å². The van der Waals surface area contributed by atoms with E-state index < -0.39 is 37.0 Å². The van der Waals surface area contributed by atoms with Crippen molar-refractivity contribution in [2.75, 3.05) is 18.0 Å². The van der Waals surface area contributed by atoms with Crippen LogP contribution in [0.15, 0.2) is 101 Å². The second-order valence-corrected chi connectivity index (χ2v) is 17.2. The van der Waals surface area contributed by atoms with Gasteiger partial charge in [-0.1, -0.05) is 44.2 Å². The fraction of sp³-hybridized carbons (Fsp3) is 0.289. The van der Waals surface area contributed by atoms with Gasteiger partial charge in [0, 0.05) is 53.2 Å². The molecule has 0 fully saturated rings. The van der Waals surface area contributed by atoms with Crippen molar-refractivity contribution < 1.29 is 45.2 Å². The van der Waals surface area contributed by atoms with Gasteiger partial charge in [0.25, 0.3) is 10.1 Å². The summed E-state index contributed by atoms with van der Waals surface area (Å²) in [6.07, 6.45) is 6.46. The summed E-state index contributed by atoms with van der Waals surface area (Å²) in [6.45, 7) is 8.01. The molecule has 4 aromatic rings. The maximum Gasteiger partial charge on any atom is 0.305 e. The number of amides is 1. The van der Waals surface area contributed by atoms with Gasteiger partial charge in [-0.05, 0) is 61.4 Å². The molecule has 0 saturated heterocycles. The molecule has 56 heavy (non-hydrogen) atoms. The van der Waals surface area contributed by atoms with Crippen molar-refractivity contribution in [3.05, 3.63) is 108 Å². The first-order chi connectivity index (χ1) is 26.3. The molecule has 0 radical (unpaired) electrons. The van der Waals surface area contributed by atoms with Gasteiger partial charge < -0.3 is 19.9 Å². The minimum Gasteiger partial charge on any atom is -0.744 e. The number of anilines is 1. The third-order valence-electron chi connectivity index (χ3n) is 10.0. The van der Waals surface area contributed by atoms with Crippen LogP contribution in [0.1, 0.15) is 57.2 Å². The van der Waals surface area contributed by atoms with Gasteiger partial charge in [-0.15, -0.1) is 20.4 Å². The molecule has 0 aliphatic carbocycles. The van der Waals surface area contributed by atoms with Crippen LogP contribution in [0.3, 0.4) is 0 Å². The zero-order valence-electron chi connectivity index (χ0n) is 30.9. The number of aliphatic carboxylic acids is 1. The monoisotopic (exact) mass is 801 g/mol. The molecule has 2 aliphatic rings. The second-order valence-electron chi connectivity index (χ2n) is 14.4. The fourth-order valence-electron chi connectivity index (χ4n) is 7.14. The predicted octanol–water partition coefficient (Wildman–Crippen LogP) is 3.88. The maximum atomic E-state index is 13.2. The molecule has 0 saturated carbocycles. The number of aromatic nitrogens is 4. The highest BCUT2D eigenvalue weighted by Crippen LogP contribution is 2.49. The van der Waals surface area contributed by atoms with Crippen molar-refractivity contribution in [1.82, 2.24) is 25.7 Å². The van der Waals surface area contributed by atoms with Crippen molar-refractivity contribution >= 4 is 49.2 Å². The molecule has 2 aliphatic heterocycles. The van der Waals surface area contributed by atoms with Gasteiger partial charge in [-0.25, -0.2) is 8.42 Å². The highest BCUT2D eigenvalue weighted by Gasteiger charge is 2.45. The number of hydrogen-bond acceptors (Lipinski definition) is 12. The Morgan fingerprint density at radius 1 is 0.893 bits per heavy atom. The number of carboxylic acid groups (broad SMARTS) is 1. The Morgan fingerprint density at radius 3 is 2.20 bits per heavy atom. The number of carbonyl (C=O) groups excluding carboxylic acids is 1. The summed E-state index contributed by atoms with van der Waals surface area (Å²) in [5.74, 6) is -0.892. The van der Waals surface area contributed by atoms with Crippen LogP contribution in [0.2, 0.25) is 0 Å². The van der Waals surface area contributed by atoms with Gasteiger partial charge in [0.2, 0.25) is 17.4 Å². The molecule has 292 valence electrons. The Balaban J connectivity index is 1.30. The minimum absolute atomic E-state index is 0.0598. The first-order valence-electron chi connectivity index (χ1n) is 17.4. The first kappa shape index (κ1) is 40.0. The molecule has 0 spiro atoms. The van der Waals surface area contributed by atoms with Crippen molar-refractivity contribution in [3.8, 4) is 11.4 Å². The summed E-state index contributed by atoms with van der Waals surface area (Å²) < 4.78 is 71.7. The van der Waals surface area contributed by atoms with Gasteiger partial charge >= 0.3 is 5.97 Å². The third kappa shape index (κ3) is 8.13. The lowest BCUT2D eigenvalue weighted by Gasteiger charge is -2.26. The molecular formula is C38H39N7O9S2. The lowest BCUT2D eigenvalue weighted by molar-refractivity contribution is -0.436. The Labute approximate surface area is 323 Å².